The van der Waals surface area contributed by atoms with Crippen molar-refractivity contribution in [3.8, 4) is 0 Å². The van der Waals surface area contributed by atoms with Gasteiger partial charge in [0.2, 0.25) is 0 Å². The van der Waals surface area contributed by atoms with E-state index in [0.717, 1.165) is 19.5 Å². The van der Waals surface area contributed by atoms with Gasteiger partial charge in [0.1, 0.15) is 0 Å². The van der Waals surface area contributed by atoms with Gasteiger partial charge in [-0.05, 0) is 25.8 Å². The average Bonchev–Trinajstić information content (AvgIpc) is 2.77. The van der Waals surface area contributed by atoms with Gasteiger partial charge in [-0.15, -0.1) is 23.7 Å². The second-order valence-electron chi connectivity index (χ2n) is 4.44. The van der Waals surface area contributed by atoms with Crippen LogP contribution in [0, 0.1) is 0 Å². The molecule has 2 N–H and O–H groups in total. The molecule has 1 aromatic heterocycles. The number of thiazole rings is 1. The predicted octanol–water partition coefficient (Wildman–Crippen LogP) is 2.44. The highest BCUT2D eigenvalue weighted by atomic mass is 35.5. The number of nitrogens with two attached hydrogens (primary N) is 1. The van der Waals surface area contributed by atoms with Gasteiger partial charge < -0.3 is 5.73 Å². The monoisotopic (exact) mass is 275 g/mol. The van der Waals surface area contributed by atoms with Crippen LogP contribution >= 0.6 is 23.7 Å². The molecular formula is C12H22ClN3S. The lowest BCUT2D eigenvalue weighted by Gasteiger charge is -2.34. The summed E-state index contributed by atoms with van der Waals surface area (Å²) in [6, 6.07) is 0.570. The summed E-state index contributed by atoms with van der Waals surface area (Å²) in [6.07, 6.45) is 4.93. The molecule has 0 aliphatic carbocycles. The number of piperidine rings is 1. The smallest absolute Gasteiger partial charge is 0.0926 e. The molecule has 0 radical (unpaired) electrons. The molecule has 0 aromatic carbocycles. The molecule has 17 heavy (non-hydrogen) atoms. The van der Waals surface area contributed by atoms with E-state index in [1.54, 1.807) is 11.3 Å². The van der Waals surface area contributed by atoms with Crippen LogP contribution in [0.5, 0.6) is 0 Å². The molecule has 0 spiro atoms. The Labute approximate surface area is 114 Å². The van der Waals surface area contributed by atoms with E-state index in [2.05, 4.69) is 22.2 Å². The van der Waals surface area contributed by atoms with Gasteiger partial charge >= 0.3 is 0 Å². The Morgan fingerprint density at radius 2 is 2.35 bits per heavy atom. The summed E-state index contributed by atoms with van der Waals surface area (Å²) in [5.74, 6) is 0. The summed E-state index contributed by atoms with van der Waals surface area (Å²) in [7, 11) is 0. The van der Waals surface area contributed by atoms with Crippen molar-refractivity contribution in [3.05, 3.63) is 16.1 Å². The second-order valence-corrected chi connectivity index (χ2v) is 5.38. The number of likely N-dealkylation sites (tertiary alicyclic amines) is 1. The third-order valence-electron chi connectivity index (χ3n) is 3.29. The van der Waals surface area contributed by atoms with Crippen LogP contribution in [0.25, 0.3) is 0 Å². The van der Waals surface area contributed by atoms with E-state index in [1.807, 2.05) is 0 Å². The lowest BCUT2D eigenvalue weighted by Crippen LogP contribution is -2.43. The molecule has 1 fully saturated rings. The highest BCUT2D eigenvalue weighted by molar-refractivity contribution is 7.09. The van der Waals surface area contributed by atoms with E-state index >= 15 is 0 Å². The normalized spacial score (nSPS) is 21.2. The van der Waals surface area contributed by atoms with Crippen molar-refractivity contribution < 1.29 is 0 Å². The first kappa shape index (κ1) is 14.9. The fourth-order valence-corrected chi connectivity index (χ4v) is 3.06. The number of hydrogen-bond donors (Lipinski definition) is 1. The maximum Gasteiger partial charge on any atom is 0.0926 e. The Hall–Kier alpha value is -0.160. The molecule has 98 valence electrons. The Kier molecular flexibility index (Phi) is 6.41. The molecule has 0 bridgehead atoms. The first-order valence-corrected chi connectivity index (χ1v) is 7.08. The first-order chi connectivity index (χ1) is 7.83. The molecule has 1 aliphatic heterocycles. The number of halogens is 1. The van der Waals surface area contributed by atoms with Gasteiger partial charge in [0.05, 0.1) is 10.7 Å². The predicted molar refractivity (Wildman–Crippen MR) is 75.8 cm³/mol. The van der Waals surface area contributed by atoms with Crippen LogP contribution in [0.4, 0.5) is 0 Å². The Balaban J connectivity index is 0.00000144. The van der Waals surface area contributed by atoms with Crippen LogP contribution in [0.1, 0.15) is 36.9 Å². The summed E-state index contributed by atoms with van der Waals surface area (Å²) >= 11 is 1.78. The Bertz CT molecular complexity index is 329. The number of nitrogens with zero attached hydrogens (tertiary/aromatic N) is 2. The lowest BCUT2D eigenvalue weighted by atomic mass is 10.0. The van der Waals surface area contributed by atoms with Crippen molar-refractivity contribution in [3.63, 3.8) is 0 Å². The van der Waals surface area contributed by atoms with E-state index in [9.17, 15) is 0 Å². The largest absolute Gasteiger partial charge is 0.329 e. The summed E-state index contributed by atoms with van der Waals surface area (Å²) in [4.78, 5) is 7.13. The molecule has 1 saturated heterocycles. The molecule has 1 aliphatic rings. The lowest BCUT2D eigenvalue weighted by molar-refractivity contribution is 0.143. The van der Waals surface area contributed by atoms with Crippen LogP contribution in [0.15, 0.2) is 5.38 Å². The highest BCUT2D eigenvalue weighted by Crippen LogP contribution is 2.20. The van der Waals surface area contributed by atoms with Crippen molar-refractivity contribution in [1.82, 2.24) is 9.88 Å². The van der Waals surface area contributed by atoms with Crippen LogP contribution in [0.2, 0.25) is 0 Å². The quantitative estimate of drug-likeness (QED) is 0.918. The topological polar surface area (TPSA) is 42.2 Å². The van der Waals surface area contributed by atoms with Crippen LogP contribution in [-0.4, -0.2) is 29.0 Å². The molecule has 2 rings (SSSR count). The van der Waals surface area contributed by atoms with Gasteiger partial charge in [0, 0.05) is 24.5 Å². The first-order valence-electron chi connectivity index (χ1n) is 6.21. The van der Waals surface area contributed by atoms with E-state index in [0.29, 0.717) is 6.04 Å². The summed E-state index contributed by atoms with van der Waals surface area (Å²) < 4.78 is 0. The molecule has 5 heteroatoms. The van der Waals surface area contributed by atoms with Crippen molar-refractivity contribution in [2.45, 2.75) is 45.2 Å². The van der Waals surface area contributed by atoms with Gasteiger partial charge in [-0.25, -0.2) is 4.98 Å². The number of aryl methyl sites for hydroxylation is 1. The van der Waals surface area contributed by atoms with Gasteiger partial charge in [0.15, 0.2) is 0 Å². The minimum absolute atomic E-state index is 0. The maximum absolute atomic E-state index is 5.82. The number of hydrogen-bond acceptors (Lipinski definition) is 4. The standard InChI is InChI=1S/C12H21N3S.ClH/c1-2-12-14-10(9-16-12)8-15-6-4-3-5-11(15)7-13;/h9,11H,2-8,13H2,1H3;1H. The van der Waals surface area contributed by atoms with Crippen molar-refractivity contribution in [2.75, 3.05) is 13.1 Å². The zero-order valence-corrected chi connectivity index (χ0v) is 12.0. The summed E-state index contributed by atoms with van der Waals surface area (Å²) in [5.41, 5.74) is 7.04. The third kappa shape index (κ3) is 3.91. The van der Waals surface area contributed by atoms with E-state index < -0.39 is 0 Å². The van der Waals surface area contributed by atoms with Crippen molar-refractivity contribution >= 4 is 23.7 Å². The number of rotatable bonds is 4. The Morgan fingerprint density at radius 1 is 1.53 bits per heavy atom. The van der Waals surface area contributed by atoms with Gasteiger partial charge in [0.25, 0.3) is 0 Å². The third-order valence-corrected chi connectivity index (χ3v) is 4.33. The van der Waals surface area contributed by atoms with E-state index in [1.165, 1.54) is 36.5 Å². The van der Waals surface area contributed by atoms with Gasteiger partial charge in [-0.1, -0.05) is 13.3 Å². The van der Waals surface area contributed by atoms with Gasteiger partial charge in [-0.2, -0.15) is 0 Å². The highest BCUT2D eigenvalue weighted by Gasteiger charge is 2.21. The molecule has 2 heterocycles. The SMILES string of the molecule is CCc1nc(CN2CCCCC2CN)cs1.Cl. The van der Waals surface area contributed by atoms with E-state index in [-0.39, 0.29) is 12.4 Å². The van der Waals surface area contributed by atoms with Crippen molar-refractivity contribution in [2.24, 2.45) is 5.73 Å². The van der Waals surface area contributed by atoms with Crippen LogP contribution < -0.4 is 5.73 Å². The van der Waals surface area contributed by atoms with Crippen LogP contribution in [0.3, 0.4) is 0 Å². The minimum Gasteiger partial charge on any atom is -0.329 e. The summed E-state index contributed by atoms with van der Waals surface area (Å²) in [6.45, 7) is 5.11. The molecule has 1 unspecified atom stereocenters. The number of aromatic nitrogens is 1. The van der Waals surface area contributed by atoms with Gasteiger partial charge in [-0.3, -0.25) is 4.90 Å². The fourth-order valence-electron chi connectivity index (χ4n) is 2.33. The molecule has 0 saturated carbocycles. The summed E-state index contributed by atoms with van der Waals surface area (Å²) in [5, 5.41) is 3.44. The zero-order chi connectivity index (χ0) is 11.4. The minimum atomic E-state index is 0. The molecule has 1 aromatic rings. The maximum atomic E-state index is 5.82. The average molecular weight is 276 g/mol. The molecule has 1 atom stereocenters. The molecule has 0 amide bonds. The molecular weight excluding hydrogens is 254 g/mol. The zero-order valence-electron chi connectivity index (χ0n) is 10.4. The second kappa shape index (κ2) is 7.31. The Morgan fingerprint density at radius 3 is 3.00 bits per heavy atom. The van der Waals surface area contributed by atoms with Crippen molar-refractivity contribution in [1.29, 1.82) is 0 Å². The molecule has 3 nitrogen and oxygen atoms in total. The van der Waals surface area contributed by atoms with E-state index in [4.69, 9.17) is 5.73 Å². The fraction of sp³-hybridized carbons (Fsp3) is 0.750. The van der Waals surface area contributed by atoms with Crippen LogP contribution in [-0.2, 0) is 13.0 Å².